The number of likely N-dealkylation sites (tertiary alicyclic amines) is 1. The molecule has 164 valence electrons. The summed E-state index contributed by atoms with van der Waals surface area (Å²) in [6.07, 6.45) is 28.8. The number of piperidine rings is 1. The Morgan fingerprint density at radius 1 is 0.786 bits per heavy atom. The third-order valence-corrected chi connectivity index (χ3v) is 6.22. The van der Waals surface area contributed by atoms with Crippen LogP contribution in [0.5, 0.6) is 0 Å². The minimum atomic E-state index is 0.427. The van der Waals surface area contributed by atoms with Crippen LogP contribution in [0.4, 0.5) is 0 Å². The summed E-state index contributed by atoms with van der Waals surface area (Å²) >= 11 is 0. The van der Waals surface area contributed by atoms with Gasteiger partial charge in [-0.15, -0.1) is 0 Å². The van der Waals surface area contributed by atoms with Gasteiger partial charge in [-0.3, -0.25) is 4.79 Å². The van der Waals surface area contributed by atoms with Gasteiger partial charge in [0.2, 0.25) is 5.91 Å². The smallest absolute Gasteiger partial charge is 0.222 e. The van der Waals surface area contributed by atoms with Crippen LogP contribution in [0.3, 0.4) is 0 Å². The summed E-state index contributed by atoms with van der Waals surface area (Å²) in [5.74, 6) is 0.427. The molecule has 28 heavy (non-hydrogen) atoms. The third kappa shape index (κ3) is 12.6. The van der Waals surface area contributed by atoms with Crippen molar-refractivity contribution in [2.75, 3.05) is 6.54 Å². The lowest BCUT2D eigenvalue weighted by molar-refractivity contribution is -0.135. The molecule has 0 bridgehead atoms. The molecule has 1 amide bonds. The molecule has 1 aliphatic heterocycles. The van der Waals surface area contributed by atoms with Gasteiger partial charge in [0.1, 0.15) is 0 Å². The van der Waals surface area contributed by atoms with E-state index in [1.165, 1.54) is 109 Å². The van der Waals surface area contributed by atoms with E-state index in [-0.39, 0.29) is 0 Å². The first-order valence-corrected chi connectivity index (χ1v) is 12.7. The second-order valence-electron chi connectivity index (χ2n) is 8.86. The Morgan fingerprint density at radius 2 is 1.39 bits per heavy atom. The average Bonchev–Trinajstić information content (AvgIpc) is 2.71. The maximum absolute atomic E-state index is 12.5. The van der Waals surface area contributed by atoms with E-state index < -0.39 is 0 Å². The molecule has 1 unspecified atom stereocenters. The number of unbranched alkanes of at least 4 members (excludes halogenated alkanes) is 11. The molecule has 0 aliphatic carbocycles. The lowest BCUT2D eigenvalue weighted by Crippen LogP contribution is -2.43. The quantitative estimate of drug-likeness (QED) is 0.181. The van der Waals surface area contributed by atoms with Crippen molar-refractivity contribution in [3.8, 4) is 0 Å². The zero-order valence-corrected chi connectivity index (χ0v) is 19.2. The van der Waals surface area contributed by atoms with Gasteiger partial charge < -0.3 is 4.90 Å². The zero-order valence-electron chi connectivity index (χ0n) is 19.2. The summed E-state index contributed by atoms with van der Waals surface area (Å²) in [4.78, 5) is 14.7. The molecule has 1 rings (SSSR count). The fraction of sp³-hybridized carbons (Fsp3) is 0.885. The Morgan fingerprint density at radius 3 is 2.04 bits per heavy atom. The van der Waals surface area contributed by atoms with Gasteiger partial charge in [-0.05, 0) is 57.8 Å². The molecule has 1 atom stereocenters. The van der Waals surface area contributed by atoms with Crippen LogP contribution in [-0.2, 0) is 4.79 Å². The van der Waals surface area contributed by atoms with Crippen molar-refractivity contribution >= 4 is 5.91 Å². The van der Waals surface area contributed by atoms with E-state index in [1.807, 2.05) is 0 Å². The minimum absolute atomic E-state index is 0.427. The zero-order chi connectivity index (χ0) is 20.3. The van der Waals surface area contributed by atoms with Crippen LogP contribution in [-0.4, -0.2) is 23.4 Å². The van der Waals surface area contributed by atoms with Crippen LogP contribution in [0, 0.1) is 0 Å². The SMILES string of the molecule is CCCCCCCC/C=C\CCCCCCCC(=O)N1CCCCC1CCC. The second kappa shape index (κ2) is 18.3. The number of rotatable bonds is 17. The van der Waals surface area contributed by atoms with Gasteiger partial charge in [-0.1, -0.05) is 83.8 Å². The molecule has 2 heteroatoms. The summed E-state index contributed by atoms with van der Waals surface area (Å²) in [5.41, 5.74) is 0. The predicted octanol–water partition coefficient (Wildman–Crippen LogP) is 8.21. The van der Waals surface area contributed by atoms with E-state index in [9.17, 15) is 4.79 Å². The lowest BCUT2D eigenvalue weighted by Gasteiger charge is -2.36. The van der Waals surface area contributed by atoms with E-state index in [2.05, 4.69) is 30.9 Å². The van der Waals surface area contributed by atoms with Crippen molar-refractivity contribution in [3.63, 3.8) is 0 Å². The van der Waals surface area contributed by atoms with Crippen LogP contribution in [0.1, 0.15) is 136 Å². The van der Waals surface area contributed by atoms with Crippen molar-refractivity contribution in [2.45, 2.75) is 142 Å². The molecular formula is C26H49NO. The number of hydrogen-bond acceptors (Lipinski definition) is 1. The predicted molar refractivity (Wildman–Crippen MR) is 124 cm³/mol. The van der Waals surface area contributed by atoms with E-state index in [4.69, 9.17) is 0 Å². The average molecular weight is 392 g/mol. The third-order valence-electron chi connectivity index (χ3n) is 6.22. The minimum Gasteiger partial charge on any atom is -0.340 e. The van der Waals surface area contributed by atoms with Crippen LogP contribution in [0.25, 0.3) is 0 Å². The lowest BCUT2D eigenvalue weighted by atomic mass is 9.97. The van der Waals surface area contributed by atoms with Crippen LogP contribution < -0.4 is 0 Å². The number of amides is 1. The van der Waals surface area contributed by atoms with E-state index >= 15 is 0 Å². The molecule has 0 aromatic heterocycles. The number of carbonyl (C=O) groups excluding carboxylic acids is 1. The molecule has 0 spiro atoms. The monoisotopic (exact) mass is 391 g/mol. The Labute approximate surface area is 176 Å². The fourth-order valence-electron chi connectivity index (χ4n) is 4.45. The van der Waals surface area contributed by atoms with Crippen LogP contribution in [0.15, 0.2) is 12.2 Å². The van der Waals surface area contributed by atoms with Crippen LogP contribution in [0.2, 0.25) is 0 Å². The summed E-state index contributed by atoms with van der Waals surface area (Å²) in [7, 11) is 0. The summed E-state index contributed by atoms with van der Waals surface area (Å²) < 4.78 is 0. The van der Waals surface area contributed by atoms with Crippen molar-refractivity contribution < 1.29 is 4.79 Å². The normalized spacial score (nSPS) is 17.5. The molecule has 1 saturated heterocycles. The largest absolute Gasteiger partial charge is 0.340 e. The van der Waals surface area contributed by atoms with Crippen molar-refractivity contribution in [1.29, 1.82) is 0 Å². The molecule has 1 heterocycles. The van der Waals surface area contributed by atoms with Crippen molar-refractivity contribution in [1.82, 2.24) is 4.90 Å². The number of carbonyl (C=O) groups is 1. The molecular weight excluding hydrogens is 342 g/mol. The van der Waals surface area contributed by atoms with Crippen molar-refractivity contribution in [2.24, 2.45) is 0 Å². The van der Waals surface area contributed by atoms with E-state index in [0.29, 0.717) is 11.9 Å². The van der Waals surface area contributed by atoms with Gasteiger partial charge in [0.25, 0.3) is 0 Å². The van der Waals surface area contributed by atoms with Crippen LogP contribution >= 0.6 is 0 Å². The highest BCUT2D eigenvalue weighted by Crippen LogP contribution is 2.22. The number of allylic oxidation sites excluding steroid dienone is 2. The van der Waals surface area contributed by atoms with E-state index in [1.54, 1.807) is 0 Å². The summed E-state index contributed by atoms with van der Waals surface area (Å²) in [6.45, 7) is 5.52. The second-order valence-corrected chi connectivity index (χ2v) is 8.86. The van der Waals surface area contributed by atoms with Gasteiger partial charge in [0, 0.05) is 19.0 Å². The Balaban J connectivity index is 1.91. The van der Waals surface area contributed by atoms with Crippen molar-refractivity contribution in [3.05, 3.63) is 12.2 Å². The molecule has 2 nitrogen and oxygen atoms in total. The molecule has 1 fully saturated rings. The fourth-order valence-corrected chi connectivity index (χ4v) is 4.45. The first-order chi connectivity index (χ1) is 13.8. The van der Waals surface area contributed by atoms with Gasteiger partial charge in [-0.2, -0.15) is 0 Å². The number of nitrogens with zero attached hydrogens (tertiary/aromatic N) is 1. The molecule has 0 aromatic carbocycles. The Kier molecular flexibility index (Phi) is 16.5. The van der Waals surface area contributed by atoms with Gasteiger partial charge in [0.15, 0.2) is 0 Å². The molecule has 1 aliphatic rings. The summed E-state index contributed by atoms with van der Waals surface area (Å²) in [5, 5.41) is 0. The maximum atomic E-state index is 12.5. The molecule has 0 saturated carbocycles. The number of hydrogen-bond donors (Lipinski definition) is 0. The highest BCUT2D eigenvalue weighted by atomic mass is 16.2. The van der Waals surface area contributed by atoms with Gasteiger partial charge >= 0.3 is 0 Å². The molecule has 0 aromatic rings. The first-order valence-electron chi connectivity index (χ1n) is 12.7. The Hall–Kier alpha value is -0.790. The maximum Gasteiger partial charge on any atom is 0.222 e. The van der Waals surface area contributed by atoms with E-state index in [0.717, 1.165) is 19.4 Å². The highest BCUT2D eigenvalue weighted by molar-refractivity contribution is 5.76. The molecule has 0 N–H and O–H groups in total. The Bertz CT molecular complexity index is 388. The summed E-state index contributed by atoms with van der Waals surface area (Å²) in [6, 6.07) is 0.536. The first kappa shape index (κ1) is 25.2. The topological polar surface area (TPSA) is 20.3 Å². The standard InChI is InChI=1S/C26H49NO/c1-3-5-6-7-8-9-10-11-12-13-14-15-16-17-18-23-26(28)27-24-20-19-22-25(27)21-4-2/h11-12,25H,3-10,13-24H2,1-2H3/b12-11-. The molecule has 0 radical (unpaired) electrons. The van der Waals surface area contributed by atoms with Gasteiger partial charge in [-0.25, -0.2) is 0 Å². The highest BCUT2D eigenvalue weighted by Gasteiger charge is 2.25. The van der Waals surface area contributed by atoms with Gasteiger partial charge in [0.05, 0.1) is 0 Å².